The maximum absolute atomic E-state index is 12.0. The average molecular weight is 304 g/mol. The summed E-state index contributed by atoms with van der Waals surface area (Å²) in [5.74, 6) is -1.35. The molecule has 2 N–H and O–H groups in total. The molecule has 6 heteroatoms. The molecule has 0 saturated heterocycles. The number of carboxylic acids is 1. The molecular weight excluding hydrogens is 289 g/mol. The Morgan fingerprint density at radius 2 is 1.95 bits per heavy atom. The zero-order valence-electron chi connectivity index (χ0n) is 10.6. The van der Waals surface area contributed by atoms with Crippen molar-refractivity contribution >= 4 is 35.1 Å². The largest absolute Gasteiger partial charge is 0.481 e. The minimum Gasteiger partial charge on any atom is -0.481 e. The van der Waals surface area contributed by atoms with E-state index in [9.17, 15) is 9.59 Å². The molecule has 0 spiro atoms. The maximum atomic E-state index is 12.0. The van der Waals surface area contributed by atoms with Gasteiger partial charge in [0.05, 0.1) is 17.0 Å². The van der Waals surface area contributed by atoms with E-state index in [-0.39, 0.29) is 22.9 Å². The van der Waals surface area contributed by atoms with Crippen LogP contribution in [0.15, 0.2) is 18.2 Å². The van der Waals surface area contributed by atoms with Crippen molar-refractivity contribution < 1.29 is 14.7 Å². The Morgan fingerprint density at radius 1 is 1.32 bits per heavy atom. The van der Waals surface area contributed by atoms with Crippen molar-refractivity contribution in [2.45, 2.75) is 26.3 Å². The molecule has 1 amide bonds. The Morgan fingerprint density at radius 3 is 2.42 bits per heavy atom. The van der Waals surface area contributed by atoms with Gasteiger partial charge in [-0.2, -0.15) is 0 Å². The zero-order chi connectivity index (χ0) is 14.6. The van der Waals surface area contributed by atoms with Crippen molar-refractivity contribution in [1.82, 2.24) is 5.32 Å². The molecule has 104 valence electrons. The number of halogens is 2. The van der Waals surface area contributed by atoms with Gasteiger partial charge in [-0.15, -0.1) is 0 Å². The fourth-order valence-corrected chi connectivity index (χ4v) is 2.06. The van der Waals surface area contributed by atoms with E-state index in [1.807, 2.05) is 13.8 Å². The minimum absolute atomic E-state index is 0.00567. The van der Waals surface area contributed by atoms with Crippen molar-refractivity contribution in [3.05, 3.63) is 33.8 Å². The maximum Gasteiger partial charge on any atom is 0.305 e. The summed E-state index contributed by atoms with van der Waals surface area (Å²) in [5, 5.41) is 12.2. The SMILES string of the molecule is CC(C)C(CC(=O)O)NC(=O)c1ccc(Cl)cc1Cl. The summed E-state index contributed by atoms with van der Waals surface area (Å²) in [4.78, 5) is 22.8. The Kier molecular flexibility index (Phi) is 5.63. The van der Waals surface area contributed by atoms with Crippen LogP contribution in [0.2, 0.25) is 10.0 Å². The first-order valence-electron chi connectivity index (χ1n) is 5.79. The van der Waals surface area contributed by atoms with Gasteiger partial charge < -0.3 is 10.4 Å². The van der Waals surface area contributed by atoms with Crippen LogP contribution in [0.1, 0.15) is 30.6 Å². The Labute approximate surface area is 121 Å². The van der Waals surface area contributed by atoms with E-state index in [2.05, 4.69) is 5.32 Å². The Bertz CT molecular complexity index is 489. The molecule has 1 rings (SSSR count). The summed E-state index contributed by atoms with van der Waals surface area (Å²) in [7, 11) is 0. The van der Waals surface area contributed by atoms with E-state index in [0.717, 1.165) is 0 Å². The summed E-state index contributed by atoms with van der Waals surface area (Å²) in [6, 6.07) is 4.10. The van der Waals surface area contributed by atoms with Gasteiger partial charge in [-0.25, -0.2) is 0 Å². The highest BCUT2D eigenvalue weighted by atomic mass is 35.5. The molecule has 0 radical (unpaired) electrons. The molecule has 1 atom stereocenters. The quantitative estimate of drug-likeness (QED) is 0.877. The molecule has 0 bridgehead atoms. The van der Waals surface area contributed by atoms with Gasteiger partial charge >= 0.3 is 5.97 Å². The van der Waals surface area contributed by atoms with Gasteiger partial charge in [0, 0.05) is 11.1 Å². The number of amides is 1. The third kappa shape index (κ3) is 4.73. The van der Waals surface area contributed by atoms with Crippen LogP contribution in [0.25, 0.3) is 0 Å². The molecule has 0 aliphatic rings. The lowest BCUT2D eigenvalue weighted by molar-refractivity contribution is -0.137. The number of hydrogen-bond acceptors (Lipinski definition) is 2. The average Bonchev–Trinajstić information content (AvgIpc) is 2.26. The summed E-state index contributed by atoms with van der Waals surface area (Å²) in [6.07, 6.45) is -0.130. The number of hydrogen-bond donors (Lipinski definition) is 2. The zero-order valence-corrected chi connectivity index (χ0v) is 12.1. The lowest BCUT2D eigenvalue weighted by Gasteiger charge is -2.20. The lowest BCUT2D eigenvalue weighted by Crippen LogP contribution is -2.40. The van der Waals surface area contributed by atoms with Gasteiger partial charge in [-0.1, -0.05) is 37.0 Å². The van der Waals surface area contributed by atoms with Gasteiger partial charge in [0.25, 0.3) is 5.91 Å². The highest BCUT2D eigenvalue weighted by molar-refractivity contribution is 6.36. The number of rotatable bonds is 5. The summed E-state index contributed by atoms with van der Waals surface area (Å²) in [5.41, 5.74) is 0.280. The standard InChI is InChI=1S/C13H15Cl2NO3/c1-7(2)11(6-12(17)18)16-13(19)9-4-3-8(14)5-10(9)15/h3-5,7,11H,6H2,1-2H3,(H,16,19)(H,17,18). The second-order valence-corrected chi connectivity index (χ2v) is 5.39. The number of carbonyl (C=O) groups is 2. The van der Waals surface area contributed by atoms with Crippen LogP contribution >= 0.6 is 23.2 Å². The minimum atomic E-state index is -0.957. The van der Waals surface area contributed by atoms with Crippen LogP contribution in [-0.2, 0) is 4.79 Å². The van der Waals surface area contributed by atoms with E-state index in [4.69, 9.17) is 28.3 Å². The van der Waals surface area contributed by atoms with Crippen LogP contribution < -0.4 is 5.32 Å². The molecule has 19 heavy (non-hydrogen) atoms. The molecule has 0 saturated carbocycles. The molecule has 0 aliphatic carbocycles. The van der Waals surface area contributed by atoms with Gasteiger partial charge in [0.15, 0.2) is 0 Å². The number of carboxylic acid groups (broad SMARTS) is 1. The van der Waals surface area contributed by atoms with Gasteiger partial charge in [0.2, 0.25) is 0 Å². The van der Waals surface area contributed by atoms with Crippen LogP contribution in [0, 0.1) is 5.92 Å². The molecule has 0 aromatic heterocycles. The van der Waals surface area contributed by atoms with Crippen molar-refractivity contribution in [2.24, 2.45) is 5.92 Å². The molecule has 4 nitrogen and oxygen atoms in total. The van der Waals surface area contributed by atoms with Crippen molar-refractivity contribution in [3.8, 4) is 0 Å². The first kappa shape index (κ1) is 15.8. The van der Waals surface area contributed by atoms with Gasteiger partial charge in [-0.05, 0) is 24.1 Å². The van der Waals surface area contributed by atoms with Crippen molar-refractivity contribution in [2.75, 3.05) is 0 Å². The van der Waals surface area contributed by atoms with Crippen molar-refractivity contribution in [3.63, 3.8) is 0 Å². The van der Waals surface area contributed by atoms with E-state index in [0.29, 0.717) is 5.02 Å². The van der Waals surface area contributed by atoms with Crippen LogP contribution in [0.5, 0.6) is 0 Å². The van der Waals surface area contributed by atoms with Gasteiger partial charge in [0.1, 0.15) is 0 Å². The third-order valence-corrected chi connectivity index (χ3v) is 3.24. The molecule has 0 heterocycles. The molecule has 1 unspecified atom stereocenters. The van der Waals surface area contributed by atoms with Gasteiger partial charge in [-0.3, -0.25) is 9.59 Å². The number of nitrogens with one attached hydrogen (secondary N) is 1. The molecule has 1 aromatic carbocycles. The second kappa shape index (κ2) is 6.78. The summed E-state index contributed by atoms with van der Waals surface area (Å²) < 4.78 is 0. The monoisotopic (exact) mass is 303 g/mol. The molecule has 1 aromatic rings. The Balaban J connectivity index is 2.84. The van der Waals surface area contributed by atoms with E-state index in [1.165, 1.54) is 12.1 Å². The fraction of sp³-hybridized carbons (Fsp3) is 0.385. The molecule has 0 aliphatic heterocycles. The Hall–Kier alpha value is -1.26. The topological polar surface area (TPSA) is 66.4 Å². The number of carbonyl (C=O) groups excluding carboxylic acids is 1. The van der Waals surface area contributed by atoms with Crippen LogP contribution in [0.4, 0.5) is 0 Å². The molecule has 0 fully saturated rings. The number of aliphatic carboxylic acids is 1. The third-order valence-electron chi connectivity index (χ3n) is 2.69. The normalized spacial score (nSPS) is 12.3. The van der Waals surface area contributed by atoms with E-state index < -0.39 is 17.9 Å². The van der Waals surface area contributed by atoms with Crippen LogP contribution in [-0.4, -0.2) is 23.0 Å². The summed E-state index contributed by atoms with van der Waals surface area (Å²) >= 11 is 11.7. The first-order chi connectivity index (χ1) is 8.81. The lowest BCUT2D eigenvalue weighted by atomic mass is 10.0. The highest BCUT2D eigenvalue weighted by Crippen LogP contribution is 2.21. The van der Waals surface area contributed by atoms with Crippen LogP contribution in [0.3, 0.4) is 0 Å². The fourth-order valence-electron chi connectivity index (χ4n) is 1.56. The molecular formula is C13H15Cl2NO3. The predicted octanol–water partition coefficient (Wildman–Crippen LogP) is 3.22. The second-order valence-electron chi connectivity index (χ2n) is 4.55. The van der Waals surface area contributed by atoms with E-state index in [1.54, 1.807) is 6.07 Å². The summed E-state index contributed by atoms with van der Waals surface area (Å²) in [6.45, 7) is 3.69. The van der Waals surface area contributed by atoms with Crippen molar-refractivity contribution in [1.29, 1.82) is 0 Å². The first-order valence-corrected chi connectivity index (χ1v) is 6.54. The predicted molar refractivity (Wildman–Crippen MR) is 74.8 cm³/mol. The van der Waals surface area contributed by atoms with E-state index >= 15 is 0 Å². The smallest absolute Gasteiger partial charge is 0.305 e. The number of benzene rings is 1. The highest BCUT2D eigenvalue weighted by Gasteiger charge is 2.21.